The molecule has 1 aromatic rings. The lowest BCUT2D eigenvalue weighted by atomic mass is 10.1. The van der Waals surface area contributed by atoms with Gasteiger partial charge in [0, 0.05) is 12.3 Å². The van der Waals surface area contributed by atoms with Gasteiger partial charge in [-0.05, 0) is 51.5 Å². The van der Waals surface area contributed by atoms with E-state index in [1.54, 1.807) is 38.3 Å². The second-order valence-corrected chi connectivity index (χ2v) is 10.5. The third-order valence-corrected chi connectivity index (χ3v) is 6.81. The van der Waals surface area contributed by atoms with Gasteiger partial charge >= 0.3 is 6.09 Å². The molecule has 0 aliphatic carbocycles. The molecule has 0 saturated carbocycles. The van der Waals surface area contributed by atoms with Gasteiger partial charge in [0.25, 0.3) is 0 Å². The highest BCUT2D eigenvalue weighted by Gasteiger charge is 2.56. The molecule has 2 heterocycles. The molecule has 1 amide bonds. The van der Waals surface area contributed by atoms with Crippen LogP contribution in [0.2, 0.25) is 0 Å². The van der Waals surface area contributed by atoms with Gasteiger partial charge in [-0.1, -0.05) is 69.9 Å². The van der Waals surface area contributed by atoms with Crippen molar-refractivity contribution in [2.75, 3.05) is 19.0 Å². The SMILES string of the molecule is CCCCCCCCCCCCO[C@H]1O[C@H](/C(C)=N/OC(=O)Nc2ccc(OC)cc2)[C@@H]2OC(C)(C)O[C@H]12. The van der Waals surface area contributed by atoms with Gasteiger partial charge in [0.15, 0.2) is 12.1 Å². The predicted molar refractivity (Wildman–Crippen MR) is 146 cm³/mol. The number of hydrogen-bond donors (Lipinski definition) is 1. The average molecular weight is 535 g/mol. The van der Waals surface area contributed by atoms with Crippen molar-refractivity contribution in [2.24, 2.45) is 5.16 Å². The number of hydrogen-bond acceptors (Lipinski definition) is 8. The monoisotopic (exact) mass is 534 g/mol. The van der Waals surface area contributed by atoms with Crippen molar-refractivity contribution in [3.8, 4) is 5.75 Å². The van der Waals surface area contributed by atoms with Crippen molar-refractivity contribution in [1.82, 2.24) is 0 Å². The first-order chi connectivity index (χ1) is 18.3. The van der Waals surface area contributed by atoms with Crippen LogP contribution in [0.15, 0.2) is 29.4 Å². The zero-order chi connectivity index (χ0) is 27.4. The Bertz CT molecular complexity index is 874. The molecule has 1 N–H and O–H groups in total. The fourth-order valence-corrected chi connectivity index (χ4v) is 4.80. The molecule has 2 saturated heterocycles. The van der Waals surface area contributed by atoms with Gasteiger partial charge in [-0.2, -0.15) is 0 Å². The molecule has 214 valence electrons. The Labute approximate surface area is 227 Å². The van der Waals surface area contributed by atoms with E-state index in [9.17, 15) is 4.79 Å². The number of anilines is 1. The van der Waals surface area contributed by atoms with Crippen molar-refractivity contribution in [1.29, 1.82) is 0 Å². The topological polar surface area (TPSA) is 96.8 Å². The molecule has 4 atom stereocenters. The van der Waals surface area contributed by atoms with E-state index >= 15 is 0 Å². The normalized spacial score (nSPS) is 24.3. The molecule has 0 unspecified atom stereocenters. The number of amides is 1. The minimum absolute atomic E-state index is 0.378. The molecule has 1 aromatic carbocycles. The van der Waals surface area contributed by atoms with E-state index in [0.29, 0.717) is 23.8 Å². The molecular weight excluding hydrogens is 488 g/mol. The van der Waals surface area contributed by atoms with Crippen molar-refractivity contribution in [2.45, 2.75) is 122 Å². The standard InChI is InChI=1S/C29H46N2O7/c1-6-7-8-9-10-11-12-13-14-15-20-34-27-26-25(36-29(3,4)37-26)24(35-27)21(2)31-38-28(32)30-22-16-18-23(33-5)19-17-22/h16-19,24-27H,6-15,20H2,1-5H3,(H,30,32)/b31-21+/t24-,25+,26+,27+/m1/s1. The Morgan fingerprint density at radius 3 is 2.18 bits per heavy atom. The van der Waals surface area contributed by atoms with E-state index < -0.39 is 30.4 Å². The Morgan fingerprint density at radius 2 is 1.55 bits per heavy atom. The summed E-state index contributed by atoms with van der Waals surface area (Å²) in [5, 5.41) is 6.63. The van der Waals surface area contributed by atoms with Crippen LogP contribution in [0, 0.1) is 0 Å². The zero-order valence-corrected chi connectivity index (χ0v) is 23.7. The Hall–Kier alpha value is -2.20. The largest absolute Gasteiger partial charge is 0.497 e. The second kappa shape index (κ2) is 15.4. The second-order valence-electron chi connectivity index (χ2n) is 10.5. The van der Waals surface area contributed by atoms with Crippen LogP contribution in [0.25, 0.3) is 0 Å². The minimum Gasteiger partial charge on any atom is -0.497 e. The van der Waals surface area contributed by atoms with Gasteiger partial charge < -0.3 is 23.7 Å². The first-order valence-electron chi connectivity index (χ1n) is 14.1. The maximum Gasteiger partial charge on any atom is 0.437 e. The summed E-state index contributed by atoms with van der Waals surface area (Å²) >= 11 is 0. The van der Waals surface area contributed by atoms with Gasteiger partial charge in [-0.25, -0.2) is 4.79 Å². The summed E-state index contributed by atoms with van der Waals surface area (Å²) in [5.74, 6) is -0.0689. The molecule has 0 bridgehead atoms. The molecular formula is C29H46N2O7. The predicted octanol–water partition coefficient (Wildman–Crippen LogP) is 6.80. The van der Waals surface area contributed by atoms with Crippen molar-refractivity contribution in [3.63, 3.8) is 0 Å². The molecule has 0 radical (unpaired) electrons. The van der Waals surface area contributed by atoms with E-state index in [2.05, 4.69) is 17.4 Å². The lowest BCUT2D eigenvalue weighted by molar-refractivity contribution is -0.226. The number of nitrogens with one attached hydrogen (secondary N) is 1. The smallest absolute Gasteiger partial charge is 0.437 e. The van der Waals surface area contributed by atoms with Crippen molar-refractivity contribution < 1.29 is 33.3 Å². The summed E-state index contributed by atoms with van der Waals surface area (Å²) in [4.78, 5) is 17.3. The van der Waals surface area contributed by atoms with Crippen LogP contribution in [0.3, 0.4) is 0 Å². The van der Waals surface area contributed by atoms with Crippen LogP contribution >= 0.6 is 0 Å². The van der Waals surface area contributed by atoms with Gasteiger partial charge in [0.1, 0.15) is 24.1 Å². The van der Waals surface area contributed by atoms with Crippen molar-refractivity contribution >= 4 is 17.5 Å². The maximum absolute atomic E-state index is 12.2. The molecule has 2 aliphatic heterocycles. The summed E-state index contributed by atoms with van der Waals surface area (Å²) in [5.41, 5.74) is 1.03. The summed E-state index contributed by atoms with van der Waals surface area (Å²) < 4.78 is 29.5. The molecule has 0 spiro atoms. The molecule has 38 heavy (non-hydrogen) atoms. The fraction of sp³-hybridized carbons (Fsp3) is 0.724. The number of nitrogens with zero attached hydrogens (tertiary/aromatic N) is 1. The molecule has 3 rings (SSSR count). The lowest BCUT2D eigenvalue weighted by Crippen LogP contribution is -2.34. The number of oxime groups is 1. The van der Waals surface area contributed by atoms with Crippen molar-refractivity contribution in [3.05, 3.63) is 24.3 Å². The van der Waals surface area contributed by atoms with E-state index in [-0.39, 0.29) is 6.10 Å². The van der Waals surface area contributed by atoms with Crippen LogP contribution in [0.1, 0.15) is 91.9 Å². The molecule has 9 heteroatoms. The van der Waals surface area contributed by atoms with E-state index in [1.165, 1.54) is 51.4 Å². The quantitative estimate of drug-likeness (QED) is 0.108. The van der Waals surface area contributed by atoms with Crippen LogP contribution in [0.5, 0.6) is 5.75 Å². The first-order valence-corrected chi connectivity index (χ1v) is 14.1. The van der Waals surface area contributed by atoms with Gasteiger partial charge in [0.05, 0.1) is 12.8 Å². The highest BCUT2D eigenvalue weighted by Crippen LogP contribution is 2.39. The Balaban J connectivity index is 1.41. The highest BCUT2D eigenvalue weighted by atomic mass is 16.8. The third-order valence-electron chi connectivity index (χ3n) is 6.81. The van der Waals surface area contributed by atoms with Gasteiger partial charge in [-0.3, -0.25) is 10.2 Å². The maximum atomic E-state index is 12.2. The van der Waals surface area contributed by atoms with E-state index in [4.69, 9.17) is 28.5 Å². The van der Waals surface area contributed by atoms with Crippen LogP contribution in [-0.4, -0.2) is 55.9 Å². The molecule has 2 aliphatic rings. The summed E-state index contributed by atoms with van der Waals surface area (Å²) in [6, 6.07) is 6.91. The molecule has 2 fully saturated rings. The van der Waals surface area contributed by atoms with E-state index in [1.807, 2.05) is 13.8 Å². The van der Waals surface area contributed by atoms with Gasteiger partial charge in [0.2, 0.25) is 0 Å². The Morgan fingerprint density at radius 1 is 0.947 bits per heavy atom. The summed E-state index contributed by atoms with van der Waals surface area (Å²) in [6.45, 7) is 8.32. The number of carbonyl (C=O) groups is 1. The third kappa shape index (κ3) is 9.52. The number of ether oxygens (including phenoxy) is 5. The number of unbranched alkanes of at least 4 members (excludes halogenated alkanes) is 9. The number of benzene rings is 1. The highest BCUT2D eigenvalue weighted by molar-refractivity contribution is 5.89. The number of methoxy groups -OCH3 is 1. The minimum atomic E-state index is -0.761. The number of rotatable bonds is 16. The number of carbonyl (C=O) groups excluding carboxylic acids is 1. The van der Waals surface area contributed by atoms with Crippen LogP contribution in [-0.2, 0) is 23.8 Å². The summed E-state index contributed by atoms with van der Waals surface area (Å²) in [6.07, 6.45) is 10.1. The first kappa shape index (κ1) is 30.3. The lowest BCUT2D eigenvalue weighted by Gasteiger charge is -2.24. The van der Waals surface area contributed by atoms with Crippen LogP contribution < -0.4 is 10.1 Å². The Kier molecular flexibility index (Phi) is 12.3. The summed E-state index contributed by atoms with van der Waals surface area (Å²) in [7, 11) is 1.58. The number of fused-ring (bicyclic) bond motifs is 1. The molecule has 0 aromatic heterocycles. The average Bonchev–Trinajstić information content (AvgIpc) is 3.39. The molecule has 9 nitrogen and oxygen atoms in total. The van der Waals surface area contributed by atoms with Gasteiger partial charge in [-0.15, -0.1) is 0 Å². The fourth-order valence-electron chi connectivity index (χ4n) is 4.80. The zero-order valence-electron chi connectivity index (χ0n) is 23.7. The van der Waals surface area contributed by atoms with Crippen LogP contribution in [0.4, 0.5) is 10.5 Å². The van der Waals surface area contributed by atoms with E-state index in [0.717, 1.165) is 12.8 Å².